The second-order valence-corrected chi connectivity index (χ2v) is 3.95. The molecule has 2 aromatic heterocycles. The van der Waals surface area contributed by atoms with E-state index < -0.39 is 0 Å². The molecule has 0 aromatic carbocycles. The van der Waals surface area contributed by atoms with Gasteiger partial charge in [0, 0.05) is 30.5 Å². The van der Waals surface area contributed by atoms with Crippen molar-refractivity contribution >= 4 is 23.7 Å². The maximum absolute atomic E-state index is 5.29. The molecule has 0 radical (unpaired) electrons. The molecule has 3 rings (SSSR count). The van der Waals surface area contributed by atoms with E-state index in [0.717, 1.165) is 36.7 Å². The molecule has 1 aliphatic rings. The van der Waals surface area contributed by atoms with E-state index >= 15 is 0 Å². The molecule has 4 nitrogen and oxygen atoms in total. The zero-order valence-electron chi connectivity index (χ0n) is 7.90. The number of aromatic nitrogens is 2. The van der Waals surface area contributed by atoms with Gasteiger partial charge in [0.1, 0.15) is 17.1 Å². The fraction of sp³-hybridized carbons (Fsp3) is 0.333. The Labute approximate surface area is 97.1 Å². The van der Waals surface area contributed by atoms with Crippen molar-refractivity contribution < 1.29 is 4.52 Å². The highest BCUT2D eigenvalue weighted by atomic mass is 35.5. The summed E-state index contributed by atoms with van der Waals surface area (Å²) in [5.41, 5.74) is 4.80. The molecule has 0 atom stereocenters. The second-order valence-electron chi connectivity index (χ2n) is 3.23. The minimum absolute atomic E-state index is 0. The van der Waals surface area contributed by atoms with E-state index in [9.17, 15) is 0 Å². The lowest BCUT2D eigenvalue weighted by molar-refractivity contribution is 0.374. The Morgan fingerprint density at radius 1 is 1.47 bits per heavy atom. The number of halogens is 1. The number of thiazole rings is 1. The summed E-state index contributed by atoms with van der Waals surface area (Å²) in [6.45, 7) is 1.81. The predicted molar refractivity (Wildman–Crippen MR) is 60.3 cm³/mol. The summed E-state index contributed by atoms with van der Waals surface area (Å²) in [6, 6.07) is 0. The number of fused-ring (bicyclic) bond motifs is 1. The van der Waals surface area contributed by atoms with Gasteiger partial charge >= 0.3 is 0 Å². The summed E-state index contributed by atoms with van der Waals surface area (Å²) < 4.78 is 5.29. The van der Waals surface area contributed by atoms with Crippen molar-refractivity contribution in [3.8, 4) is 11.4 Å². The Morgan fingerprint density at radius 3 is 3.20 bits per heavy atom. The Hall–Kier alpha value is -0.910. The van der Waals surface area contributed by atoms with Crippen LogP contribution in [0.2, 0.25) is 0 Å². The lowest BCUT2D eigenvalue weighted by Gasteiger charge is -2.10. The summed E-state index contributed by atoms with van der Waals surface area (Å²) in [7, 11) is 0. The Balaban J connectivity index is 0.000000853. The molecule has 1 N–H and O–H groups in total. The van der Waals surface area contributed by atoms with Crippen molar-refractivity contribution in [3.63, 3.8) is 0 Å². The molecule has 15 heavy (non-hydrogen) atoms. The van der Waals surface area contributed by atoms with Crippen LogP contribution in [0, 0.1) is 0 Å². The third kappa shape index (κ3) is 1.78. The monoisotopic (exact) mass is 243 g/mol. The van der Waals surface area contributed by atoms with Crippen LogP contribution in [-0.4, -0.2) is 16.7 Å². The predicted octanol–water partition coefficient (Wildman–Crippen LogP) is 1.87. The Bertz CT molecular complexity index is 440. The number of hydrogen-bond acceptors (Lipinski definition) is 5. The molecule has 6 heteroatoms. The largest absolute Gasteiger partial charge is 0.360 e. The first-order valence-electron chi connectivity index (χ1n) is 4.52. The van der Waals surface area contributed by atoms with Crippen molar-refractivity contribution in [2.75, 3.05) is 6.54 Å². The smallest absolute Gasteiger partial charge is 0.143 e. The molecule has 80 valence electrons. The third-order valence-electron chi connectivity index (χ3n) is 2.38. The zero-order valence-corrected chi connectivity index (χ0v) is 9.53. The first-order valence-corrected chi connectivity index (χ1v) is 5.46. The average molecular weight is 244 g/mol. The van der Waals surface area contributed by atoms with E-state index in [0.29, 0.717) is 0 Å². The van der Waals surface area contributed by atoms with Gasteiger partial charge in [-0.1, -0.05) is 5.16 Å². The van der Waals surface area contributed by atoms with Crippen molar-refractivity contribution in [1.82, 2.24) is 15.5 Å². The molecule has 0 saturated heterocycles. The summed E-state index contributed by atoms with van der Waals surface area (Å²) in [5.74, 6) is 1.01. The van der Waals surface area contributed by atoms with Gasteiger partial charge in [-0.3, -0.25) is 0 Å². The molecule has 3 heterocycles. The van der Waals surface area contributed by atoms with Gasteiger partial charge in [0.25, 0.3) is 0 Å². The van der Waals surface area contributed by atoms with Crippen LogP contribution in [-0.2, 0) is 13.0 Å². The van der Waals surface area contributed by atoms with E-state index in [1.54, 1.807) is 11.3 Å². The molecule has 0 bridgehead atoms. The summed E-state index contributed by atoms with van der Waals surface area (Å²) in [4.78, 5) is 4.24. The van der Waals surface area contributed by atoms with Crippen molar-refractivity contribution in [1.29, 1.82) is 0 Å². The second kappa shape index (κ2) is 4.30. The van der Waals surface area contributed by atoms with E-state index in [1.165, 1.54) is 5.56 Å². The SMILES string of the molecule is Cl.c1nc(-c2noc3c2CNCC3)cs1. The normalized spacial score (nSPS) is 14.4. The molecule has 2 aromatic rings. The number of rotatable bonds is 1. The van der Waals surface area contributed by atoms with Gasteiger partial charge < -0.3 is 9.84 Å². The summed E-state index contributed by atoms with van der Waals surface area (Å²) >= 11 is 1.58. The molecule has 0 saturated carbocycles. The Morgan fingerprint density at radius 2 is 2.40 bits per heavy atom. The van der Waals surface area contributed by atoms with Crippen LogP contribution in [0.25, 0.3) is 11.4 Å². The summed E-state index contributed by atoms with van der Waals surface area (Å²) in [6.07, 6.45) is 0.923. The molecule has 1 aliphatic heterocycles. The fourth-order valence-electron chi connectivity index (χ4n) is 1.67. The van der Waals surface area contributed by atoms with Crippen molar-refractivity contribution in [2.24, 2.45) is 0 Å². The lowest BCUT2D eigenvalue weighted by atomic mass is 10.1. The van der Waals surface area contributed by atoms with Gasteiger partial charge in [0.05, 0.1) is 5.51 Å². The van der Waals surface area contributed by atoms with Crippen LogP contribution in [0.1, 0.15) is 11.3 Å². The van der Waals surface area contributed by atoms with E-state index in [2.05, 4.69) is 15.5 Å². The van der Waals surface area contributed by atoms with Crippen molar-refractivity contribution in [3.05, 3.63) is 22.2 Å². The topological polar surface area (TPSA) is 51.0 Å². The molecular formula is C9H10ClN3OS. The standard InChI is InChI=1S/C9H9N3OS.ClH/c1-2-10-3-6-8(1)13-12-9(6)7-4-14-5-11-7;/h4-5,10H,1-3H2;1H. The fourth-order valence-corrected chi connectivity index (χ4v) is 2.20. The highest BCUT2D eigenvalue weighted by Crippen LogP contribution is 2.26. The molecule has 0 amide bonds. The number of nitrogens with one attached hydrogen (secondary N) is 1. The van der Waals surface area contributed by atoms with E-state index in [-0.39, 0.29) is 12.4 Å². The van der Waals surface area contributed by atoms with Gasteiger partial charge in [-0.2, -0.15) is 0 Å². The number of nitrogens with zero attached hydrogens (tertiary/aromatic N) is 2. The van der Waals surface area contributed by atoms with E-state index in [1.807, 2.05) is 10.9 Å². The average Bonchev–Trinajstić information content (AvgIpc) is 2.85. The first-order chi connectivity index (χ1) is 6.95. The highest BCUT2D eigenvalue weighted by Gasteiger charge is 2.20. The van der Waals surface area contributed by atoms with Crippen LogP contribution in [0.3, 0.4) is 0 Å². The van der Waals surface area contributed by atoms with E-state index in [4.69, 9.17) is 4.52 Å². The van der Waals surface area contributed by atoms with Gasteiger partial charge in [0.15, 0.2) is 0 Å². The highest BCUT2D eigenvalue weighted by molar-refractivity contribution is 7.07. The molecule has 0 fully saturated rings. The van der Waals surface area contributed by atoms with Gasteiger partial charge in [-0.15, -0.1) is 23.7 Å². The van der Waals surface area contributed by atoms with Gasteiger partial charge in [0.2, 0.25) is 0 Å². The minimum atomic E-state index is 0. The van der Waals surface area contributed by atoms with Gasteiger partial charge in [-0.05, 0) is 0 Å². The quantitative estimate of drug-likeness (QED) is 0.831. The molecule has 0 unspecified atom stereocenters. The Kier molecular flexibility index (Phi) is 3.04. The lowest BCUT2D eigenvalue weighted by Crippen LogP contribution is -2.22. The zero-order chi connectivity index (χ0) is 9.38. The minimum Gasteiger partial charge on any atom is -0.360 e. The molecular weight excluding hydrogens is 234 g/mol. The van der Waals surface area contributed by atoms with Crippen LogP contribution in [0.15, 0.2) is 15.4 Å². The summed E-state index contributed by atoms with van der Waals surface area (Å²) in [5, 5.41) is 9.37. The maximum atomic E-state index is 5.29. The van der Waals surface area contributed by atoms with Crippen LogP contribution >= 0.6 is 23.7 Å². The van der Waals surface area contributed by atoms with Crippen LogP contribution < -0.4 is 5.32 Å². The van der Waals surface area contributed by atoms with Crippen molar-refractivity contribution in [2.45, 2.75) is 13.0 Å². The third-order valence-corrected chi connectivity index (χ3v) is 2.96. The maximum Gasteiger partial charge on any atom is 0.143 e. The van der Waals surface area contributed by atoms with Crippen LogP contribution in [0.4, 0.5) is 0 Å². The molecule has 0 spiro atoms. The first kappa shape index (κ1) is 10.6. The van der Waals surface area contributed by atoms with Crippen LogP contribution in [0.5, 0.6) is 0 Å². The van der Waals surface area contributed by atoms with Gasteiger partial charge in [-0.25, -0.2) is 4.98 Å². The number of hydrogen-bond donors (Lipinski definition) is 1. The molecule has 0 aliphatic carbocycles.